The highest BCUT2D eigenvalue weighted by Gasteiger charge is 2.39. The molecule has 5 nitrogen and oxygen atoms in total. The summed E-state index contributed by atoms with van der Waals surface area (Å²) in [5.41, 5.74) is 0.768. The van der Waals surface area contributed by atoms with Gasteiger partial charge in [-0.15, -0.1) is 0 Å². The summed E-state index contributed by atoms with van der Waals surface area (Å²) < 4.78 is 0. The first-order valence-corrected chi connectivity index (χ1v) is 7.95. The number of amides is 2. The molecule has 0 radical (unpaired) electrons. The monoisotopic (exact) mass is 322 g/mol. The molecule has 2 amide bonds. The van der Waals surface area contributed by atoms with Crippen molar-refractivity contribution in [1.82, 2.24) is 4.90 Å². The van der Waals surface area contributed by atoms with E-state index in [1.165, 1.54) is 0 Å². The van der Waals surface area contributed by atoms with Gasteiger partial charge in [-0.25, -0.2) is 0 Å². The fourth-order valence-corrected chi connectivity index (χ4v) is 3.42. The van der Waals surface area contributed by atoms with Crippen LogP contribution < -0.4 is 4.90 Å². The molecule has 2 saturated heterocycles. The van der Waals surface area contributed by atoms with Crippen LogP contribution in [0.2, 0.25) is 5.02 Å². The molecule has 1 N–H and O–H groups in total. The summed E-state index contributed by atoms with van der Waals surface area (Å²) in [5, 5.41) is 9.97. The van der Waals surface area contributed by atoms with Gasteiger partial charge in [0.1, 0.15) is 0 Å². The van der Waals surface area contributed by atoms with E-state index >= 15 is 0 Å². The third kappa shape index (κ3) is 2.83. The van der Waals surface area contributed by atoms with Gasteiger partial charge in [-0.05, 0) is 37.1 Å². The van der Waals surface area contributed by atoms with Crippen LogP contribution in [-0.4, -0.2) is 47.6 Å². The second-order valence-electron chi connectivity index (χ2n) is 5.89. The quantitative estimate of drug-likeness (QED) is 0.921. The van der Waals surface area contributed by atoms with Crippen molar-refractivity contribution in [3.8, 4) is 0 Å². The minimum Gasteiger partial charge on any atom is -0.394 e. The molecule has 2 aliphatic heterocycles. The number of likely N-dealkylation sites (tertiary alicyclic amines) is 1. The minimum absolute atomic E-state index is 0.00664. The number of aliphatic hydroxyl groups is 1. The Morgan fingerprint density at radius 1 is 1.32 bits per heavy atom. The number of aliphatic hydroxyl groups excluding tert-OH is 1. The molecule has 6 heteroatoms. The highest BCUT2D eigenvalue weighted by Crippen LogP contribution is 2.29. The maximum absolute atomic E-state index is 12.6. The lowest BCUT2D eigenvalue weighted by Gasteiger charge is -2.26. The van der Waals surface area contributed by atoms with Crippen LogP contribution in [0.3, 0.4) is 0 Å². The van der Waals surface area contributed by atoms with E-state index in [4.69, 9.17) is 11.6 Å². The Kier molecular flexibility index (Phi) is 4.36. The van der Waals surface area contributed by atoms with E-state index in [1.54, 1.807) is 34.1 Å². The number of rotatable bonds is 3. The molecule has 2 atom stereocenters. The summed E-state index contributed by atoms with van der Waals surface area (Å²) in [5.74, 6) is -0.378. The van der Waals surface area contributed by atoms with Gasteiger partial charge in [-0.3, -0.25) is 9.59 Å². The molecule has 0 spiro atoms. The number of nitrogens with zero attached hydrogens (tertiary/aromatic N) is 2. The van der Waals surface area contributed by atoms with Gasteiger partial charge in [-0.1, -0.05) is 11.6 Å². The van der Waals surface area contributed by atoms with Crippen LogP contribution in [0.15, 0.2) is 24.3 Å². The SMILES string of the molecule is O=C1CC(C(=O)N2CCC[C@@H]2CO)CN1c1ccc(Cl)cc1. The molecule has 3 rings (SSSR count). The van der Waals surface area contributed by atoms with Crippen molar-refractivity contribution in [3.63, 3.8) is 0 Å². The van der Waals surface area contributed by atoms with E-state index in [0.717, 1.165) is 18.5 Å². The van der Waals surface area contributed by atoms with Gasteiger partial charge in [0.05, 0.1) is 18.6 Å². The number of hydrogen-bond acceptors (Lipinski definition) is 3. The van der Waals surface area contributed by atoms with Gasteiger partial charge in [0.25, 0.3) is 0 Å². The Morgan fingerprint density at radius 3 is 2.73 bits per heavy atom. The predicted octanol–water partition coefficient (Wildman–Crippen LogP) is 1.68. The van der Waals surface area contributed by atoms with Crippen LogP contribution in [0.4, 0.5) is 5.69 Å². The van der Waals surface area contributed by atoms with Gasteiger partial charge < -0.3 is 14.9 Å². The Bertz CT molecular complexity index is 575. The molecular formula is C16H19ClN2O3. The maximum atomic E-state index is 12.6. The third-order valence-electron chi connectivity index (χ3n) is 4.48. The second kappa shape index (κ2) is 6.26. The Hall–Kier alpha value is -1.59. The number of benzene rings is 1. The first-order chi connectivity index (χ1) is 10.6. The molecule has 0 aromatic heterocycles. The third-order valence-corrected chi connectivity index (χ3v) is 4.74. The first-order valence-electron chi connectivity index (χ1n) is 7.57. The summed E-state index contributed by atoms with van der Waals surface area (Å²) in [6.07, 6.45) is 1.98. The Labute approximate surface area is 134 Å². The van der Waals surface area contributed by atoms with Gasteiger partial charge in [-0.2, -0.15) is 0 Å². The van der Waals surface area contributed by atoms with E-state index in [1.807, 2.05) is 0 Å². The topological polar surface area (TPSA) is 60.9 Å². The van der Waals surface area contributed by atoms with Crippen molar-refractivity contribution in [2.45, 2.75) is 25.3 Å². The molecule has 22 heavy (non-hydrogen) atoms. The average molecular weight is 323 g/mol. The number of carbonyl (C=O) groups is 2. The molecule has 0 aliphatic carbocycles. The Balaban J connectivity index is 1.71. The zero-order valence-corrected chi connectivity index (χ0v) is 13.0. The zero-order chi connectivity index (χ0) is 15.7. The highest BCUT2D eigenvalue weighted by molar-refractivity contribution is 6.30. The van der Waals surface area contributed by atoms with Crippen molar-refractivity contribution in [2.24, 2.45) is 5.92 Å². The molecule has 1 aromatic carbocycles. The van der Waals surface area contributed by atoms with E-state index < -0.39 is 0 Å². The second-order valence-corrected chi connectivity index (χ2v) is 6.33. The van der Waals surface area contributed by atoms with Gasteiger partial charge in [0, 0.05) is 30.2 Å². The Morgan fingerprint density at radius 2 is 2.05 bits per heavy atom. The fourth-order valence-electron chi connectivity index (χ4n) is 3.29. The number of anilines is 1. The van der Waals surface area contributed by atoms with Crippen molar-refractivity contribution >= 4 is 29.1 Å². The van der Waals surface area contributed by atoms with Crippen LogP contribution in [0.25, 0.3) is 0 Å². The lowest BCUT2D eigenvalue weighted by Crippen LogP contribution is -2.42. The van der Waals surface area contributed by atoms with Crippen molar-refractivity contribution < 1.29 is 14.7 Å². The van der Waals surface area contributed by atoms with E-state index in [-0.39, 0.29) is 36.8 Å². The van der Waals surface area contributed by atoms with Crippen LogP contribution in [0.5, 0.6) is 0 Å². The predicted molar refractivity (Wildman–Crippen MR) is 83.7 cm³/mol. The summed E-state index contributed by atoms with van der Waals surface area (Å²) in [6.45, 7) is 1.07. The molecule has 1 aromatic rings. The molecular weight excluding hydrogens is 304 g/mol. The van der Waals surface area contributed by atoms with Crippen LogP contribution in [0.1, 0.15) is 19.3 Å². The van der Waals surface area contributed by atoms with E-state index in [2.05, 4.69) is 0 Å². The summed E-state index contributed by atoms with van der Waals surface area (Å²) in [7, 11) is 0. The highest BCUT2D eigenvalue weighted by atomic mass is 35.5. The van der Waals surface area contributed by atoms with Gasteiger partial charge in [0.2, 0.25) is 11.8 Å². The molecule has 118 valence electrons. The number of carbonyl (C=O) groups excluding carboxylic acids is 2. The maximum Gasteiger partial charge on any atom is 0.228 e. The van der Waals surface area contributed by atoms with Crippen LogP contribution in [0, 0.1) is 5.92 Å². The van der Waals surface area contributed by atoms with Crippen LogP contribution >= 0.6 is 11.6 Å². The summed E-state index contributed by atoms with van der Waals surface area (Å²) in [4.78, 5) is 28.2. The smallest absolute Gasteiger partial charge is 0.228 e. The fraction of sp³-hybridized carbons (Fsp3) is 0.500. The van der Waals surface area contributed by atoms with Gasteiger partial charge >= 0.3 is 0 Å². The molecule has 0 bridgehead atoms. The minimum atomic E-state index is -0.324. The normalized spacial score (nSPS) is 25.1. The number of halogens is 1. The van der Waals surface area contributed by atoms with Gasteiger partial charge in [0.15, 0.2) is 0 Å². The molecule has 0 saturated carbocycles. The standard InChI is InChI=1S/C16H19ClN2O3/c17-12-3-5-13(6-4-12)19-9-11(8-15(19)21)16(22)18-7-1-2-14(18)10-20/h3-6,11,14,20H,1-2,7-10H2/t11?,14-/m1/s1. The molecule has 2 aliphatic rings. The molecule has 2 fully saturated rings. The summed E-state index contributed by atoms with van der Waals surface area (Å²) in [6, 6.07) is 6.97. The average Bonchev–Trinajstić information content (AvgIpc) is 3.14. The molecule has 2 heterocycles. The van der Waals surface area contributed by atoms with Crippen molar-refractivity contribution in [2.75, 3.05) is 24.6 Å². The van der Waals surface area contributed by atoms with Crippen LogP contribution in [-0.2, 0) is 9.59 Å². The first kappa shape index (κ1) is 15.3. The lowest BCUT2D eigenvalue weighted by atomic mass is 10.1. The summed E-state index contributed by atoms with van der Waals surface area (Å²) >= 11 is 5.86. The van der Waals surface area contributed by atoms with Crippen molar-refractivity contribution in [3.05, 3.63) is 29.3 Å². The van der Waals surface area contributed by atoms with Crippen molar-refractivity contribution in [1.29, 1.82) is 0 Å². The zero-order valence-electron chi connectivity index (χ0n) is 12.2. The largest absolute Gasteiger partial charge is 0.394 e. The number of hydrogen-bond donors (Lipinski definition) is 1. The van der Waals surface area contributed by atoms with E-state index in [0.29, 0.717) is 18.1 Å². The lowest BCUT2D eigenvalue weighted by molar-refractivity contribution is -0.137. The molecule has 1 unspecified atom stereocenters. The van der Waals surface area contributed by atoms with E-state index in [9.17, 15) is 14.7 Å².